The minimum atomic E-state index is -2.84. The van der Waals surface area contributed by atoms with Crippen molar-refractivity contribution < 1.29 is 12.8 Å². The monoisotopic (exact) mass is 302 g/mol. The van der Waals surface area contributed by atoms with E-state index in [-0.39, 0.29) is 23.1 Å². The molecule has 1 aliphatic heterocycles. The van der Waals surface area contributed by atoms with Crippen molar-refractivity contribution in [3.8, 4) is 0 Å². The van der Waals surface area contributed by atoms with Gasteiger partial charge in [-0.15, -0.1) is 5.10 Å². The van der Waals surface area contributed by atoms with Crippen LogP contribution in [0.3, 0.4) is 0 Å². The minimum Gasteiger partial charge on any atom is -0.407 e. The van der Waals surface area contributed by atoms with E-state index in [1.54, 1.807) is 0 Å². The smallest absolute Gasteiger partial charge is 0.315 e. The summed E-state index contributed by atoms with van der Waals surface area (Å²) in [5, 5.41) is 14.2. The van der Waals surface area contributed by atoms with Crippen LogP contribution in [0.1, 0.15) is 39.5 Å². The van der Waals surface area contributed by atoms with Crippen LogP contribution in [0.25, 0.3) is 0 Å². The summed E-state index contributed by atoms with van der Waals surface area (Å²) in [5.74, 6) is 0.958. The molecule has 0 unspecified atom stereocenters. The second-order valence-corrected chi connectivity index (χ2v) is 8.48. The number of nitrogens with zero attached hydrogens (tertiary/aromatic N) is 2. The van der Waals surface area contributed by atoms with Gasteiger partial charge < -0.3 is 15.1 Å². The van der Waals surface area contributed by atoms with Gasteiger partial charge in [0.1, 0.15) is 9.84 Å². The molecule has 0 aromatic carbocycles. The summed E-state index contributed by atoms with van der Waals surface area (Å²) in [7, 11) is -2.84. The predicted molar refractivity (Wildman–Crippen MR) is 76.2 cm³/mol. The molecule has 1 saturated heterocycles. The summed E-state index contributed by atoms with van der Waals surface area (Å²) in [5.41, 5.74) is -0.0141. The first-order valence-electron chi connectivity index (χ1n) is 6.78. The van der Waals surface area contributed by atoms with Crippen molar-refractivity contribution in [3.05, 3.63) is 5.89 Å². The van der Waals surface area contributed by atoms with Gasteiger partial charge in [-0.3, -0.25) is 0 Å². The third-order valence-corrected chi connectivity index (χ3v) is 4.83. The molecule has 0 amide bonds. The molecule has 0 atom stereocenters. The van der Waals surface area contributed by atoms with Crippen LogP contribution in [-0.2, 0) is 16.4 Å². The molecule has 7 nitrogen and oxygen atoms in total. The van der Waals surface area contributed by atoms with Crippen LogP contribution in [-0.4, -0.2) is 41.7 Å². The molecule has 2 N–H and O–H groups in total. The number of hydrogen-bond donors (Lipinski definition) is 2. The molecule has 2 heterocycles. The summed E-state index contributed by atoms with van der Waals surface area (Å²) in [6.45, 7) is 6.69. The fraction of sp³-hybridized carbons (Fsp3) is 0.833. The fourth-order valence-electron chi connectivity index (χ4n) is 1.93. The lowest BCUT2D eigenvalue weighted by Gasteiger charge is -2.21. The molecule has 1 aliphatic rings. The second-order valence-electron chi connectivity index (χ2n) is 6.17. The number of nitrogens with one attached hydrogen (secondary N) is 2. The van der Waals surface area contributed by atoms with Gasteiger partial charge in [0.05, 0.1) is 18.1 Å². The Balaban J connectivity index is 1.84. The average Bonchev–Trinajstić information content (AvgIpc) is 2.76. The van der Waals surface area contributed by atoms with Gasteiger partial charge in [-0.2, -0.15) is 0 Å². The Hall–Kier alpha value is -1.15. The van der Waals surface area contributed by atoms with Crippen molar-refractivity contribution in [2.24, 2.45) is 0 Å². The summed E-state index contributed by atoms with van der Waals surface area (Å²) in [4.78, 5) is 0. The lowest BCUT2D eigenvalue weighted by Crippen LogP contribution is -2.35. The molecule has 114 valence electrons. The third kappa shape index (κ3) is 4.75. The van der Waals surface area contributed by atoms with Crippen molar-refractivity contribution in [1.29, 1.82) is 0 Å². The van der Waals surface area contributed by atoms with Crippen LogP contribution >= 0.6 is 0 Å². The van der Waals surface area contributed by atoms with E-state index in [1.165, 1.54) is 0 Å². The van der Waals surface area contributed by atoms with Crippen LogP contribution < -0.4 is 10.6 Å². The molecule has 20 heavy (non-hydrogen) atoms. The maximum absolute atomic E-state index is 11.3. The molecule has 2 rings (SSSR count). The lowest BCUT2D eigenvalue weighted by molar-refractivity contribution is 0.382. The Morgan fingerprint density at radius 3 is 2.50 bits per heavy atom. The van der Waals surface area contributed by atoms with Gasteiger partial charge in [0, 0.05) is 11.6 Å². The Kier molecular flexibility index (Phi) is 4.33. The van der Waals surface area contributed by atoms with Crippen LogP contribution in [0, 0.1) is 0 Å². The highest BCUT2D eigenvalue weighted by molar-refractivity contribution is 7.91. The van der Waals surface area contributed by atoms with Crippen molar-refractivity contribution >= 4 is 15.9 Å². The Morgan fingerprint density at radius 2 is 1.90 bits per heavy atom. The van der Waals surface area contributed by atoms with E-state index in [2.05, 4.69) is 41.6 Å². The Bertz CT molecular complexity index is 533. The van der Waals surface area contributed by atoms with Crippen molar-refractivity contribution in [2.75, 3.05) is 16.8 Å². The number of hydrogen-bond acceptors (Lipinski definition) is 7. The quantitative estimate of drug-likeness (QED) is 0.854. The number of aromatic nitrogens is 2. The molecule has 0 bridgehead atoms. The molecular weight excluding hydrogens is 280 g/mol. The molecule has 1 aromatic rings. The van der Waals surface area contributed by atoms with Gasteiger partial charge in [0.2, 0.25) is 5.89 Å². The zero-order valence-electron chi connectivity index (χ0n) is 12.1. The van der Waals surface area contributed by atoms with Crippen molar-refractivity contribution in [3.63, 3.8) is 0 Å². The van der Waals surface area contributed by atoms with E-state index in [0.29, 0.717) is 31.3 Å². The van der Waals surface area contributed by atoms with Gasteiger partial charge in [-0.25, -0.2) is 8.42 Å². The maximum atomic E-state index is 11.3. The van der Waals surface area contributed by atoms with Gasteiger partial charge >= 0.3 is 6.01 Å². The topological polar surface area (TPSA) is 97.1 Å². The first kappa shape index (κ1) is 15.2. The Labute approximate surface area is 119 Å². The normalized spacial score (nSPS) is 19.9. The van der Waals surface area contributed by atoms with E-state index < -0.39 is 9.84 Å². The van der Waals surface area contributed by atoms with Crippen LogP contribution in [0.4, 0.5) is 6.01 Å². The number of sulfone groups is 1. The van der Waals surface area contributed by atoms with Crippen molar-refractivity contribution in [2.45, 2.75) is 51.7 Å². The summed E-state index contributed by atoms with van der Waals surface area (Å²) in [6, 6.07) is 0.447. The van der Waals surface area contributed by atoms with E-state index in [9.17, 15) is 8.42 Å². The first-order chi connectivity index (χ1) is 9.23. The fourth-order valence-corrected chi connectivity index (χ4v) is 3.42. The van der Waals surface area contributed by atoms with E-state index in [1.807, 2.05) is 0 Å². The zero-order chi connectivity index (χ0) is 14.8. The highest BCUT2D eigenvalue weighted by atomic mass is 32.2. The van der Waals surface area contributed by atoms with E-state index >= 15 is 0 Å². The van der Waals surface area contributed by atoms with Crippen LogP contribution in [0.2, 0.25) is 0 Å². The number of rotatable bonds is 4. The molecule has 0 spiro atoms. The van der Waals surface area contributed by atoms with Gasteiger partial charge in [0.15, 0.2) is 0 Å². The SMILES string of the molecule is CC(C)(C)NCc1nnc(NC2CCS(=O)(=O)CC2)o1. The lowest BCUT2D eigenvalue weighted by atomic mass is 10.1. The second kappa shape index (κ2) is 5.69. The van der Waals surface area contributed by atoms with Crippen LogP contribution in [0.5, 0.6) is 0 Å². The molecule has 0 saturated carbocycles. The van der Waals surface area contributed by atoms with Crippen molar-refractivity contribution in [1.82, 2.24) is 15.5 Å². The standard InChI is InChI=1S/C12H22N4O3S/c1-12(2,3)13-8-10-15-16-11(19-10)14-9-4-6-20(17,18)7-5-9/h9,13H,4-8H2,1-3H3,(H,14,16). The molecule has 0 radical (unpaired) electrons. The van der Waals surface area contributed by atoms with Crippen LogP contribution in [0.15, 0.2) is 4.42 Å². The van der Waals surface area contributed by atoms with Gasteiger partial charge in [-0.05, 0) is 33.6 Å². The predicted octanol–water partition coefficient (Wildman–Crippen LogP) is 0.947. The summed E-state index contributed by atoms with van der Waals surface area (Å²) >= 11 is 0. The van der Waals surface area contributed by atoms with E-state index in [4.69, 9.17) is 4.42 Å². The van der Waals surface area contributed by atoms with Gasteiger partial charge in [-0.1, -0.05) is 5.10 Å². The zero-order valence-corrected chi connectivity index (χ0v) is 13.0. The molecule has 8 heteroatoms. The minimum absolute atomic E-state index is 0.0141. The molecule has 1 aromatic heterocycles. The summed E-state index contributed by atoms with van der Waals surface area (Å²) in [6.07, 6.45) is 1.17. The molecule has 0 aliphatic carbocycles. The van der Waals surface area contributed by atoms with Gasteiger partial charge in [0.25, 0.3) is 0 Å². The highest BCUT2D eigenvalue weighted by Crippen LogP contribution is 2.17. The molecule has 1 fully saturated rings. The third-order valence-electron chi connectivity index (χ3n) is 3.12. The van der Waals surface area contributed by atoms with E-state index in [0.717, 1.165) is 0 Å². The summed E-state index contributed by atoms with van der Waals surface area (Å²) < 4.78 is 28.2. The number of anilines is 1. The maximum Gasteiger partial charge on any atom is 0.315 e. The highest BCUT2D eigenvalue weighted by Gasteiger charge is 2.24. The molecular formula is C12H22N4O3S. The Morgan fingerprint density at radius 1 is 1.25 bits per heavy atom. The largest absolute Gasteiger partial charge is 0.407 e. The average molecular weight is 302 g/mol. The first-order valence-corrected chi connectivity index (χ1v) is 8.60.